The van der Waals surface area contributed by atoms with Crippen LogP contribution in [0.3, 0.4) is 0 Å². The molecule has 0 heterocycles. The summed E-state index contributed by atoms with van der Waals surface area (Å²) >= 11 is 0. The average Bonchev–Trinajstić information content (AvgIpc) is 2.55. The van der Waals surface area contributed by atoms with Gasteiger partial charge >= 0.3 is 5.97 Å². The second-order valence-electron chi connectivity index (χ2n) is 4.28. The van der Waals surface area contributed by atoms with E-state index in [0.29, 0.717) is 11.4 Å². The first-order chi connectivity index (χ1) is 10.7. The molecule has 0 spiro atoms. The molecule has 0 radical (unpaired) electrons. The SMILES string of the molecule is C=C(Oc1ccc(N=Nc2ccccc2)cc1)C(=O)OCC. The van der Waals surface area contributed by atoms with Crippen molar-refractivity contribution < 1.29 is 14.3 Å². The molecule has 112 valence electrons. The van der Waals surface area contributed by atoms with E-state index in [1.165, 1.54) is 0 Å². The Bertz CT molecular complexity index is 664. The Labute approximate surface area is 128 Å². The summed E-state index contributed by atoms with van der Waals surface area (Å²) in [5.41, 5.74) is 1.46. The van der Waals surface area contributed by atoms with Gasteiger partial charge in [0, 0.05) is 0 Å². The van der Waals surface area contributed by atoms with E-state index in [0.717, 1.165) is 5.69 Å². The maximum atomic E-state index is 11.4. The van der Waals surface area contributed by atoms with Crippen molar-refractivity contribution in [3.8, 4) is 5.75 Å². The van der Waals surface area contributed by atoms with Crippen LogP contribution in [0.4, 0.5) is 11.4 Å². The molecule has 0 N–H and O–H groups in total. The smallest absolute Gasteiger partial charge is 0.373 e. The molecule has 0 aliphatic heterocycles. The Balaban J connectivity index is 1.97. The maximum Gasteiger partial charge on any atom is 0.373 e. The van der Waals surface area contributed by atoms with E-state index in [1.807, 2.05) is 30.3 Å². The fourth-order valence-electron chi connectivity index (χ4n) is 1.59. The highest BCUT2D eigenvalue weighted by molar-refractivity contribution is 5.86. The fraction of sp³-hybridized carbons (Fsp3) is 0.118. The largest absolute Gasteiger partial charge is 0.460 e. The minimum Gasteiger partial charge on any atom is -0.460 e. The highest BCUT2D eigenvalue weighted by Gasteiger charge is 2.09. The third kappa shape index (κ3) is 4.56. The third-order valence-electron chi connectivity index (χ3n) is 2.62. The second kappa shape index (κ2) is 7.73. The number of carbonyl (C=O) groups excluding carboxylic acids is 1. The van der Waals surface area contributed by atoms with E-state index in [9.17, 15) is 4.79 Å². The average molecular weight is 296 g/mol. The highest BCUT2D eigenvalue weighted by Crippen LogP contribution is 2.22. The van der Waals surface area contributed by atoms with E-state index < -0.39 is 5.97 Å². The Morgan fingerprint density at radius 2 is 1.59 bits per heavy atom. The number of carbonyl (C=O) groups is 1. The van der Waals surface area contributed by atoms with Crippen LogP contribution in [0.5, 0.6) is 5.75 Å². The van der Waals surface area contributed by atoms with E-state index in [2.05, 4.69) is 16.8 Å². The standard InChI is InChI=1S/C17H16N2O3/c1-3-21-17(20)13(2)22-16-11-9-15(10-12-16)19-18-14-7-5-4-6-8-14/h4-12H,2-3H2,1H3. The van der Waals surface area contributed by atoms with Crippen molar-refractivity contribution in [2.45, 2.75) is 6.92 Å². The second-order valence-corrected chi connectivity index (χ2v) is 4.28. The zero-order chi connectivity index (χ0) is 15.8. The summed E-state index contributed by atoms with van der Waals surface area (Å²) in [6, 6.07) is 16.3. The predicted octanol–water partition coefficient (Wildman–Crippen LogP) is 4.56. The summed E-state index contributed by atoms with van der Waals surface area (Å²) in [6.07, 6.45) is 0. The monoisotopic (exact) mass is 296 g/mol. The zero-order valence-corrected chi connectivity index (χ0v) is 12.2. The van der Waals surface area contributed by atoms with Gasteiger partial charge in [-0.3, -0.25) is 0 Å². The van der Waals surface area contributed by atoms with Gasteiger partial charge in [0.05, 0.1) is 18.0 Å². The van der Waals surface area contributed by atoms with Gasteiger partial charge in [0.1, 0.15) is 5.75 Å². The Hall–Kier alpha value is -2.95. The number of ether oxygens (including phenoxy) is 2. The molecule has 0 fully saturated rings. The molecule has 0 atom stereocenters. The van der Waals surface area contributed by atoms with Crippen molar-refractivity contribution in [2.75, 3.05) is 6.61 Å². The minimum absolute atomic E-state index is 0.0551. The maximum absolute atomic E-state index is 11.4. The van der Waals surface area contributed by atoms with Gasteiger partial charge in [-0.2, -0.15) is 10.2 Å². The number of benzene rings is 2. The van der Waals surface area contributed by atoms with Crippen LogP contribution in [-0.2, 0) is 9.53 Å². The van der Waals surface area contributed by atoms with Crippen LogP contribution in [0.1, 0.15) is 6.92 Å². The Morgan fingerprint density at radius 1 is 1.00 bits per heavy atom. The predicted molar refractivity (Wildman–Crippen MR) is 83.5 cm³/mol. The lowest BCUT2D eigenvalue weighted by Gasteiger charge is -2.07. The molecule has 0 bridgehead atoms. The lowest BCUT2D eigenvalue weighted by atomic mass is 10.3. The molecule has 0 amide bonds. The zero-order valence-electron chi connectivity index (χ0n) is 12.2. The van der Waals surface area contributed by atoms with Gasteiger partial charge < -0.3 is 9.47 Å². The van der Waals surface area contributed by atoms with Crippen molar-refractivity contribution >= 4 is 17.3 Å². The molecule has 0 aliphatic rings. The van der Waals surface area contributed by atoms with Gasteiger partial charge in [-0.1, -0.05) is 18.2 Å². The van der Waals surface area contributed by atoms with Crippen LogP contribution < -0.4 is 4.74 Å². The summed E-state index contributed by atoms with van der Waals surface area (Å²) in [4.78, 5) is 11.4. The lowest BCUT2D eigenvalue weighted by molar-refractivity contribution is -0.140. The molecule has 0 unspecified atom stereocenters. The van der Waals surface area contributed by atoms with Crippen LogP contribution in [-0.4, -0.2) is 12.6 Å². The van der Waals surface area contributed by atoms with Crippen LogP contribution in [0.15, 0.2) is 77.2 Å². The molecule has 0 saturated carbocycles. The Morgan fingerprint density at radius 3 is 2.18 bits per heavy atom. The summed E-state index contributed by atoms with van der Waals surface area (Å²) in [6.45, 7) is 5.53. The number of hydrogen-bond donors (Lipinski definition) is 0. The fourth-order valence-corrected chi connectivity index (χ4v) is 1.59. The topological polar surface area (TPSA) is 60.2 Å². The number of nitrogens with zero attached hydrogens (tertiary/aromatic N) is 2. The van der Waals surface area contributed by atoms with Crippen molar-refractivity contribution in [1.29, 1.82) is 0 Å². The summed E-state index contributed by atoms with van der Waals surface area (Å²) in [5.74, 6) is -0.146. The van der Waals surface area contributed by atoms with Crippen molar-refractivity contribution in [1.82, 2.24) is 0 Å². The van der Waals surface area contributed by atoms with Gasteiger partial charge in [-0.05, 0) is 49.9 Å². The van der Waals surface area contributed by atoms with E-state index in [-0.39, 0.29) is 12.4 Å². The first-order valence-corrected chi connectivity index (χ1v) is 6.80. The van der Waals surface area contributed by atoms with Crippen molar-refractivity contribution in [3.05, 3.63) is 66.9 Å². The number of azo groups is 1. The van der Waals surface area contributed by atoms with Gasteiger partial charge in [0.15, 0.2) is 0 Å². The molecule has 0 saturated heterocycles. The van der Waals surface area contributed by atoms with Crippen LogP contribution in [0, 0.1) is 0 Å². The minimum atomic E-state index is -0.574. The van der Waals surface area contributed by atoms with Gasteiger partial charge in [-0.15, -0.1) is 0 Å². The molecule has 5 heteroatoms. The molecule has 2 aromatic rings. The van der Waals surface area contributed by atoms with Gasteiger partial charge in [-0.25, -0.2) is 4.79 Å². The molecule has 22 heavy (non-hydrogen) atoms. The first kappa shape index (κ1) is 15.4. The molecule has 0 aliphatic carbocycles. The Kier molecular flexibility index (Phi) is 5.43. The highest BCUT2D eigenvalue weighted by atomic mass is 16.6. The molecule has 2 aromatic carbocycles. The molecular formula is C17H16N2O3. The lowest BCUT2D eigenvalue weighted by Crippen LogP contribution is -2.11. The van der Waals surface area contributed by atoms with E-state index >= 15 is 0 Å². The quantitative estimate of drug-likeness (QED) is 0.340. The number of esters is 1. The van der Waals surface area contributed by atoms with Gasteiger partial charge in [0.25, 0.3) is 0 Å². The van der Waals surface area contributed by atoms with Crippen LogP contribution in [0.25, 0.3) is 0 Å². The normalized spacial score (nSPS) is 10.4. The van der Waals surface area contributed by atoms with Gasteiger partial charge in [0.2, 0.25) is 5.76 Å². The molecular weight excluding hydrogens is 280 g/mol. The van der Waals surface area contributed by atoms with Crippen LogP contribution in [0.2, 0.25) is 0 Å². The molecule has 5 nitrogen and oxygen atoms in total. The summed E-state index contributed by atoms with van der Waals surface area (Å²) < 4.78 is 10.1. The summed E-state index contributed by atoms with van der Waals surface area (Å²) in [7, 11) is 0. The number of rotatable bonds is 6. The van der Waals surface area contributed by atoms with Crippen LogP contribution >= 0.6 is 0 Å². The van der Waals surface area contributed by atoms with E-state index in [1.54, 1.807) is 31.2 Å². The summed E-state index contributed by atoms with van der Waals surface area (Å²) in [5, 5.41) is 8.23. The first-order valence-electron chi connectivity index (χ1n) is 6.80. The number of hydrogen-bond acceptors (Lipinski definition) is 5. The molecule has 2 rings (SSSR count). The van der Waals surface area contributed by atoms with E-state index in [4.69, 9.17) is 9.47 Å². The van der Waals surface area contributed by atoms with Crippen molar-refractivity contribution in [3.63, 3.8) is 0 Å². The van der Waals surface area contributed by atoms with Crippen molar-refractivity contribution in [2.24, 2.45) is 10.2 Å². The third-order valence-corrected chi connectivity index (χ3v) is 2.62. The molecule has 0 aromatic heterocycles.